The Morgan fingerprint density at radius 3 is 2.13 bits per heavy atom. The highest BCUT2D eigenvalue weighted by molar-refractivity contribution is 7.91. The van der Waals surface area contributed by atoms with Crippen molar-refractivity contribution in [2.75, 3.05) is 10.0 Å². The van der Waals surface area contributed by atoms with Crippen molar-refractivity contribution in [3.8, 4) is 0 Å². The first kappa shape index (κ1) is 11.7. The Hall–Kier alpha value is -1.38. The molecule has 8 heteroatoms. The van der Waals surface area contributed by atoms with Crippen LogP contribution in [0.15, 0.2) is 24.3 Å². The number of rotatable bonds is 2. The monoisotopic (exact) mass is 247 g/mol. The molecule has 5 N–H and O–H groups in total. The predicted octanol–water partition coefficient (Wildman–Crippen LogP) is 0.122. The fourth-order valence-corrected chi connectivity index (χ4v) is 1.99. The van der Waals surface area contributed by atoms with Crippen LogP contribution in [0.5, 0.6) is 0 Å². The molecule has 6 nitrogen and oxygen atoms in total. The minimum absolute atomic E-state index is 0.124. The maximum absolute atomic E-state index is 10.9. The van der Waals surface area contributed by atoms with Crippen LogP contribution >= 0.6 is 12.2 Å². The van der Waals surface area contributed by atoms with E-state index in [0.29, 0.717) is 9.99 Å². The van der Waals surface area contributed by atoms with Crippen molar-refractivity contribution in [2.24, 2.45) is 5.73 Å². The molecule has 15 heavy (non-hydrogen) atoms. The molecule has 0 saturated heterocycles. The van der Waals surface area contributed by atoms with Crippen molar-refractivity contribution in [2.45, 2.75) is 0 Å². The molecular formula is C7H9N3O3S2. The molecule has 0 spiro atoms. The third-order valence-corrected chi connectivity index (χ3v) is 2.73. The van der Waals surface area contributed by atoms with Gasteiger partial charge in [-0.2, -0.15) is 12.7 Å². The van der Waals surface area contributed by atoms with Gasteiger partial charge in [-0.25, -0.2) is 0 Å². The molecule has 1 aromatic rings. The maximum atomic E-state index is 10.9. The second kappa shape index (κ2) is 4.01. The maximum Gasteiger partial charge on any atom is 0.366 e. The van der Waals surface area contributed by atoms with E-state index in [2.05, 4.69) is 12.2 Å². The van der Waals surface area contributed by atoms with Crippen molar-refractivity contribution in [3.63, 3.8) is 0 Å². The minimum atomic E-state index is -4.50. The molecule has 0 radical (unpaired) electrons. The lowest BCUT2D eigenvalue weighted by molar-refractivity contribution is 0.484. The van der Waals surface area contributed by atoms with Gasteiger partial charge in [0.05, 0.1) is 5.69 Å². The predicted molar refractivity (Wildman–Crippen MR) is 61.7 cm³/mol. The van der Waals surface area contributed by atoms with Crippen LogP contribution in [0.2, 0.25) is 0 Å². The second-order valence-electron chi connectivity index (χ2n) is 2.67. The van der Waals surface area contributed by atoms with E-state index < -0.39 is 15.4 Å². The van der Waals surface area contributed by atoms with Gasteiger partial charge < -0.3 is 11.5 Å². The van der Waals surface area contributed by atoms with Gasteiger partial charge in [0.2, 0.25) is 0 Å². The number of hydrogen-bond donors (Lipinski definition) is 3. The smallest absolute Gasteiger partial charge is 0.366 e. The summed E-state index contributed by atoms with van der Waals surface area (Å²) in [5, 5.41) is -0.470. The number of anilines is 2. The molecular weight excluding hydrogens is 238 g/mol. The van der Waals surface area contributed by atoms with Crippen molar-refractivity contribution in [1.82, 2.24) is 0 Å². The number of hydrogen-bond acceptors (Lipinski definition) is 4. The summed E-state index contributed by atoms with van der Waals surface area (Å²) < 4.78 is 31.2. The Morgan fingerprint density at radius 2 is 1.80 bits per heavy atom. The molecule has 0 heterocycles. The van der Waals surface area contributed by atoms with E-state index in [1.54, 1.807) is 0 Å². The molecule has 0 amide bonds. The van der Waals surface area contributed by atoms with Gasteiger partial charge in [0.25, 0.3) is 0 Å². The van der Waals surface area contributed by atoms with Gasteiger partial charge in [0.1, 0.15) is 0 Å². The molecule has 1 rings (SSSR count). The molecule has 1 aromatic carbocycles. The Balaban J connectivity index is 3.23. The number of benzene rings is 1. The molecule has 0 fully saturated rings. The van der Waals surface area contributed by atoms with Gasteiger partial charge in [0.15, 0.2) is 5.11 Å². The average Bonchev–Trinajstić information content (AvgIpc) is 2.05. The number of nitrogens with two attached hydrogens (primary N) is 2. The van der Waals surface area contributed by atoms with Gasteiger partial charge in [0, 0.05) is 5.69 Å². The molecule has 0 atom stereocenters. The summed E-state index contributed by atoms with van der Waals surface area (Å²) in [4.78, 5) is 0. The van der Waals surface area contributed by atoms with Gasteiger partial charge in [-0.05, 0) is 36.5 Å². The normalized spacial score (nSPS) is 11.0. The topological polar surface area (TPSA) is 110 Å². The molecule has 0 bridgehead atoms. The third-order valence-electron chi connectivity index (χ3n) is 1.56. The van der Waals surface area contributed by atoms with Gasteiger partial charge in [-0.15, -0.1) is 0 Å². The zero-order chi connectivity index (χ0) is 11.6. The first-order valence-electron chi connectivity index (χ1n) is 3.75. The van der Waals surface area contributed by atoms with Gasteiger partial charge in [-0.1, -0.05) is 0 Å². The largest absolute Gasteiger partial charge is 0.399 e. The fraction of sp³-hybridized carbons (Fsp3) is 0. The molecule has 0 aliphatic rings. The van der Waals surface area contributed by atoms with Crippen LogP contribution in [0.4, 0.5) is 11.4 Å². The number of thiocarbonyl (C=S) groups is 1. The molecule has 0 aliphatic heterocycles. The zero-order valence-electron chi connectivity index (χ0n) is 7.49. The first-order valence-corrected chi connectivity index (χ1v) is 5.55. The van der Waals surface area contributed by atoms with Crippen molar-refractivity contribution in [1.29, 1.82) is 0 Å². The van der Waals surface area contributed by atoms with E-state index in [4.69, 9.17) is 16.0 Å². The summed E-state index contributed by atoms with van der Waals surface area (Å²) in [5.74, 6) is 0. The molecule has 0 unspecified atom stereocenters. The van der Waals surface area contributed by atoms with E-state index in [0.717, 1.165) is 0 Å². The lowest BCUT2D eigenvalue weighted by Crippen LogP contribution is -2.40. The molecule has 0 aliphatic carbocycles. The standard InChI is InChI=1S/C7H9N3O3S2/c8-5-1-3-6(4-2-5)10(7(9)14)15(11,12)13/h1-4H,8H2,(H2,9,14)(H,11,12,13). The van der Waals surface area contributed by atoms with Crippen LogP contribution in [-0.4, -0.2) is 18.1 Å². The second-order valence-corrected chi connectivity index (χ2v) is 4.35. The fourth-order valence-electron chi connectivity index (χ4n) is 0.984. The highest BCUT2D eigenvalue weighted by atomic mass is 32.2. The van der Waals surface area contributed by atoms with Crippen LogP contribution in [0.3, 0.4) is 0 Å². The summed E-state index contributed by atoms with van der Waals surface area (Å²) in [6.45, 7) is 0. The van der Waals surface area contributed by atoms with Crippen molar-refractivity contribution < 1.29 is 13.0 Å². The average molecular weight is 247 g/mol. The summed E-state index contributed by atoms with van der Waals surface area (Å²) in [7, 11) is -4.50. The summed E-state index contributed by atoms with van der Waals surface area (Å²) in [6.07, 6.45) is 0. The summed E-state index contributed by atoms with van der Waals surface area (Å²) >= 11 is 4.51. The van der Waals surface area contributed by atoms with Crippen LogP contribution in [-0.2, 0) is 10.3 Å². The Bertz CT molecular complexity index is 469. The Labute approximate surface area is 92.4 Å². The highest BCUT2D eigenvalue weighted by Crippen LogP contribution is 2.18. The highest BCUT2D eigenvalue weighted by Gasteiger charge is 2.22. The summed E-state index contributed by atoms with van der Waals surface area (Å²) in [5.41, 5.74) is 11.2. The first-order chi connectivity index (χ1) is 6.82. The lowest BCUT2D eigenvalue weighted by atomic mass is 10.3. The van der Waals surface area contributed by atoms with Gasteiger partial charge in [-0.3, -0.25) is 4.55 Å². The van der Waals surface area contributed by atoms with Crippen LogP contribution in [0, 0.1) is 0 Å². The van der Waals surface area contributed by atoms with Gasteiger partial charge >= 0.3 is 10.3 Å². The number of nitrogen functional groups attached to an aromatic ring is 1. The number of nitrogens with zero attached hydrogens (tertiary/aromatic N) is 1. The quantitative estimate of drug-likeness (QED) is 0.389. The zero-order valence-corrected chi connectivity index (χ0v) is 9.12. The Kier molecular flexibility index (Phi) is 3.12. The van der Waals surface area contributed by atoms with Crippen molar-refractivity contribution in [3.05, 3.63) is 24.3 Å². The van der Waals surface area contributed by atoms with Crippen LogP contribution < -0.4 is 15.8 Å². The molecule has 82 valence electrons. The summed E-state index contributed by atoms with van der Waals surface area (Å²) in [6, 6.07) is 5.68. The molecule has 0 saturated carbocycles. The van der Waals surface area contributed by atoms with E-state index >= 15 is 0 Å². The van der Waals surface area contributed by atoms with E-state index in [9.17, 15) is 8.42 Å². The van der Waals surface area contributed by atoms with E-state index in [1.807, 2.05) is 0 Å². The van der Waals surface area contributed by atoms with Crippen molar-refractivity contribution >= 4 is 39.0 Å². The Morgan fingerprint density at radius 1 is 1.33 bits per heavy atom. The van der Waals surface area contributed by atoms with Crippen LogP contribution in [0.25, 0.3) is 0 Å². The lowest BCUT2D eigenvalue weighted by Gasteiger charge is -2.18. The SMILES string of the molecule is NC(=S)N(c1ccc(N)cc1)S(=O)(=O)O. The minimum Gasteiger partial charge on any atom is -0.399 e. The third kappa shape index (κ3) is 2.78. The van der Waals surface area contributed by atoms with E-state index in [1.165, 1.54) is 24.3 Å². The molecule has 0 aromatic heterocycles. The van der Waals surface area contributed by atoms with E-state index in [-0.39, 0.29) is 5.69 Å². The van der Waals surface area contributed by atoms with Crippen LogP contribution in [0.1, 0.15) is 0 Å².